The van der Waals surface area contributed by atoms with Crippen LogP contribution in [0.3, 0.4) is 0 Å². The fraction of sp³-hybridized carbons (Fsp3) is 0.667. The minimum Gasteiger partial charge on any atom is -0.314 e. The lowest BCUT2D eigenvalue weighted by Gasteiger charge is -2.31. The fourth-order valence-electron chi connectivity index (χ4n) is 3.34. The van der Waals surface area contributed by atoms with Gasteiger partial charge in [0.15, 0.2) is 0 Å². The Balaban J connectivity index is 1.85. The maximum absolute atomic E-state index is 3.81. The Morgan fingerprint density at radius 1 is 1.11 bits per heavy atom. The van der Waals surface area contributed by atoms with Crippen LogP contribution < -0.4 is 5.32 Å². The molecule has 1 aliphatic carbocycles. The fourth-order valence-corrected chi connectivity index (χ4v) is 3.34. The molecule has 1 nitrogen and oxygen atoms in total. The number of nitrogens with one attached hydrogen (secondary N) is 1. The van der Waals surface area contributed by atoms with E-state index >= 15 is 0 Å². The molecule has 1 saturated carbocycles. The molecule has 0 saturated heterocycles. The van der Waals surface area contributed by atoms with Gasteiger partial charge >= 0.3 is 0 Å². The zero-order chi connectivity index (χ0) is 13.3. The Morgan fingerprint density at radius 3 is 2.53 bits per heavy atom. The lowest BCUT2D eigenvalue weighted by molar-refractivity contribution is 0.258. The molecular formula is C18H29N. The van der Waals surface area contributed by atoms with Gasteiger partial charge in [0.1, 0.15) is 0 Å². The lowest BCUT2D eigenvalue weighted by Crippen LogP contribution is -2.38. The van der Waals surface area contributed by atoms with Crippen molar-refractivity contribution in [2.24, 2.45) is 5.92 Å². The van der Waals surface area contributed by atoms with Gasteiger partial charge in [-0.2, -0.15) is 0 Å². The summed E-state index contributed by atoms with van der Waals surface area (Å²) in [5.74, 6) is 0.920. The van der Waals surface area contributed by atoms with Crippen LogP contribution >= 0.6 is 0 Å². The first-order valence-electron chi connectivity index (χ1n) is 8.17. The third-order valence-corrected chi connectivity index (χ3v) is 4.46. The first-order chi connectivity index (χ1) is 9.40. The van der Waals surface area contributed by atoms with E-state index < -0.39 is 0 Å². The molecule has 0 radical (unpaired) electrons. The van der Waals surface area contributed by atoms with E-state index in [1.165, 1.54) is 63.5 Å². The summed E-state index contributed by atoms with van der Waals surface area (Å²) >= 11 is 0. The Morgan fingerprint density at radius 2 is 1.84 bits per heavy atom. The molecule has 0 spiro atoms. The number of benzene rings is 1. The van der Waals surface area contributed by atoms with Gasteiger partial charge in [0.05, 0.1) is 0 Å². The molecule has 19 heavy (non-hydrogen) atoms. The van der Waals surface area contributed by atoms with Gasteiger partial charge in [0.2, 0.25) is 0 Å². The second kappa shape index (κ2) is 8.37. The molecular weight excluding hydrogens is 230 g/mol. The van der Waals surface area contributed by atoms with Crippen molar-refractivity contribution in [2.45, 2.75) is 64.3 Å². The van der Waals surface area contributed by atoms with Crippen molar-refractivity contribution >= 4 is 0 Å². The second-order valence-corrected chi connectivity index (χ2v) is 5.98. The average Bonchev–Trinajstić information content (AvgIpc) is 2.49. The molecule has 0 heterocycles. The number of rotatable bonds is 7. The summed E-state index contributed by atoms with van der Waals surface area (Å²) in [5.41, 5.74) is 1.49. The smallest absolute Gasteiger partial charge is 0.00984 e. The van der Waals surface area contributed by atoms with Crippen molar-refractivity contribution in [3.8, 4) is 0 Å². The summed E-state index contributed by atoms with van der Waals surface area (Å²) in [4.78, 5) is 0. The monoisotopic (exact) mass is 259 g/mol. The van der Waals surface area contributed by atoms with Crippen LogP contribution in [0.4, 0.5) is 0 Å². The van der Waals surface area contributed by atoms with Crippen LogP contribution in [0.1, 0.15) is 57.4 Å². The Labute approximate surface area is 118 Å². The highest BCUT2D eigenvalue weighted by atomic mass is 14.9. The molecule has 1 unspecified atom stereocenters. The summed E-state index contributed by atoms with van der Waals surface area (Å²) in [6.45, 7) is 3.44. The molecule has 1 heteroatoms. The average molecular weight is 259 g/mol. The van der Waals surface area contributed by atoms with Gasteiger partial charge in [-0.05, 0) is 50.1 Å². The third kappa shape index (κ3) is 4.99. The predicted octanol–water partition coefficient (Wildman–Crippen LogP) is 4.57. The Hall–Kier alpha value is -0.820. The molecule has 1 fully saturated rings. The minimum atomic E-state index is 0.737. The van der Waals surface area contributed by atoms with Gasteiger partial charge in [0, 0.05) is 6.04 Å². The third-order valence-electron chi connectivity index (χ3n) is 4.46. The summed E-state index contributed by atoms with van der Waals surface area (Å²) in [6.07, 6.45) is 11.0. The first-order valence-corrected chi connectivity index (χ1v) is 8.17. The van der Waals surface area contributed by atoms with Crippen LogP contribution in [0.25, 0.3) is 0 Å². The van der Waals surface area contributed by atoms with E-state index in [4.69, 9.17) is 0 Å². The zero-order valence-electron chi connectivity index (χ0n) is 12.4. The topological polar surface area (TPSA) is 12.0 Å². The van der Waals surface area contributed by atoms with Gasteiger partial charge in [-0.3, -0.25) is 0 Å². The molecule has 0 bridgehead atoms. The van der Waals surface area contributed by atoms with E-state index in [-0.39, 0.29) is 0 Å². The van der Waals surface area contributed by atoms with E-state index in [0.29, 0.717) is 0 Å². The Kier molecular flexibility index (Phi) is 6.43. The highest BCUT2D eigenvalue weighted by molar-refractivity contribution is 5.14. The van der Waals surface area contributed by atoms with E-state index in [1.807, 2.05) is 0 Å². The van der Waals surface area contributed by atoms with Crippen molar-refractivity contribution in [2.75, 3.05) is 6.54 Å². The molecule has 1 atom stereocenters. The van der Waals surface area contributed by atoms with Gasteiger partial charge in [-0.15, -0.1) is 0 Å². The van der Waals surface area contributed by atoms with E-state index in [1.54, 1.807) is 0 Å². The van der Waals surface area contributed by atoms with E-state index in [0.717, 1.165) is 12.0 Å². The standard InChI is InChI=1S/C18H29N/c1-2-15-19-18(17-11-7-4-8-12-17)14-13-16-9-5-3-6-10-16/h3,5-6,9-10,17-19H,2,4,7-8,11-15H2,1H3. The maximum atomic E-state index is 3.81. The molecule has 0 aromatic heterocycles. The molecule has 1 N–H and O–H groups in total. The molecule has 2 rings (SSSR count). The van der Waals surface area contributed by atoms with E-state index in [2.05, 4.69) is 42.6 Å². The van der Waals surface area contributed by atoms with E-state index in [9.17, 15) is 0 Å². The molecule has 0 aliphatic heterocycles. The molecule has 1 aliphatic rings. The molecule has 1 aromatic carbocycles. The van der Waals surface area contributed by atoms with Crippen LogP contribution in [0, 0.1) is 5.92 Å². The maximum Gasteiger partial charge on any atom is 0.00984 e. The van der Waals surface area contributed by atoms with Crippen LogP contribution in [-0.2, 0) is 6.42 Å². The quantitative estimate of drug-likeness (QED) is 0.756. The van der Waals surface area contributed by atoms with Crippen LogP contribution in [0.5, 0.6) is 0 Å². The highest BCUT2D eigenvalue weighted by Crippen LogP contribution is 2.28. The van der Waals surface area contributed by atoms with Gasteiger partial charge in [-0.1, -0.05) is 56.5 Å². The van der Waals surface area contributed by atoms with Crippen molar-refractivity contribution < 1.29 is 0 Å². The van der Waals surface area contributed by atoms with Gasteiger partial charge < -0.3 is 5.32 Å². The summed E-state index contributed by atoms with van der Waals surface area (Å²) < 4.78 is 0. The van der Waals surface area contributed by atoms with Crippen molar-refractivity contribution in [3.63, 3.8) is 0 Å². The Bertz CT molecular complexity index is 327. The SMILES string of the molecule is CCCNC(CCc1ccccc1)C1CCCCC1. The van der Waals surface area contributed by atoms with Crippen molar-refractivity contribution in [3.05, 3.63) is 35.9 Å². The number of hydrogen-bond acceptors (Lipinski definition) is 1. The van der Waals surface area contributed by atoms with Crippen LogP contribution in [-0.4, -0.2) is 12.6 Å². The van der Waals surface area contributed by atoms with Crippen LogP contribution in [0.15, 0.2) is 30.3 Å². The predicted molar refractivity (Wildman–Crippen MR) is 83.4 cm³/mol. The second-order valence-electron chi connectivity index (χ2n) is 5.98. The van der Waals surface area contributed by atoms with Crippen molar-refractivity contribution in [1.29, 1.82) is 0 Å². The van der Waals surface area contributed by atoms with Crippen molar-refractivity contribution in [1.82, 2.24) is 5.32 Å². The summed E-state index contributed by atoms with van der Waals surface area (Å²) in [7, 11) is 0. The lowest BCUT2D eigenvalue weighted by atomic mass is 9.81. The largest absolute Gasteiger partial charge is 0.314 e. The van der Waals surface area contributed by atoms with Gasteiger partial charge in [-0.25, -0.2) is 0 Å². The summed E-state index contributed by atoms with van der Waals surface area (Å²) in [6, 6.07) is 11.7. The number of hydrogen-bond donors (Lipinski definition) is 1. The normalized spacial score (nSPS) is 18.4. The minimum absolute atomic E-state index is 0.737. The number of aryl methyl sites for hydroxylation is 1. The molecule has 106 valence electrons. The zero-order valence-corrected chi connectivity index (χ0v) is 12.4. The summed E-state index contributed by atoms with van der Waals surface area (Å²) in [5, 5.41) is 3.81. The van der Waals surface area contributed by atoms with Gasteiger partial charge in [0.25, 0.3) is 0 Å². The molecule has 1 aromatic rings. The highest BCUT2D eigenvalue weighted by Gasteiger charge is 2.22. The van der Waals surface area contributed by atoms with Crippen LogP contribution in [0.2, 0.25) is 0 Å². The molecule has 0 amide bonds. The first kappa shape index (κ1) is 14.6.